The summed E-state index contributed by atoms with van der Waals surface area (Å²) in [5, 5.41) is 1.37. The molecule has 2 aliphatic carbocycles. The van der Waals surface area contributed by atoms with E-state index in [0.717, 1.165) is 12.8 Å². The summed E-state index contributed by atoms with van der Waals surface area (Å²) >= 11 is 2.02. The van der Waals surface area contributed by atoms with Gasteiger partial charge in [-0.2, -0.15) is 0 Å². The third-order valence-corrected chi connectivity index (χ3v) is 14.2. The standard InChI is InChI=1S/C52H53BN2S/c1-31-27-42-46-43(28-31)55(38-23-18-35(19-24-38)51(5,6)7)48-41(25-15-33-29-32-13-11-12-14-39(32)45(33)48)53(46)49-47(40-30-36(52(8,9)10)20-26-44(40)56-49)54(42)37-21-16-34(17-22-37)50(2,3)4/h11-27,30,43H,28-29H2,1-10H3. The second-order valence-electron chi connectivity index (χ2n) is 19.9. The molecule has 1 atom stereocenters. The first-order chi connectivity index (χ1) is 26.6. The van der Waals surface area contributed by atoms with Crippen LogP contribution in [-0.4, -0.2) is 12.8 Å². The van der Waals surface area contributed by atoms with Gasteiger partial charge in [0.2, 0.25) is 0 Å². The molecular weight excluding hydrogens is 695 g/mol. The summed E-state index contributed by atoms with van der Waals surface area (Å²) in [5.74, 6) is 0. The Hall–Kier alpha value is -4.80. The van der Waals surface area contributed by atoms with Gasteiger partial charge in [-0.05, 0) is 123 Å². The van der Waals surface area contributed by atoms with E-state index >= 15 is 0 Å². The Bertz CT molecular complexity index is 2650. The van der Waals surface area contributed by atoms with Gasteiger partial charge >= 0.3 is 0 Å². The Labute approximate surface area is 338 Å². The zero-order valence-corrected chi connectivity index (χ0v) is 35.6. The molecule has 4 aliphatic rings. The topological polar surface area (TPSA) is 6.48 Å². The molecule has 3 heterocycles. The highest BCUT2D eigenvalue weighted by Gasteiger charge is 2.51. The summed E-state index contributed by atoms with van der Waals surface area (Å²) in [7, 11) is 0. The van der Waals surface area contributed by atoms with Crippen molar-refractivity contribution >= 4 is 61.1 Å². The van der Waals surface area contributed by atoms with Gasteiger partial charge in [-0.1, -0.05) is 135 Å². The number of fused-ring (bicyclic) bond motifs is 10. The molecule has 280 valence electrons. The maximum Gasteiger partial charge on any atom is 0.259 e. The predicted octanol–water partition coefficient (Wildman–Crippen LogP) is 12.8. The molecule has 56 heavy (non-hydrogen) atoms. The van der Waals surface area contributed by atoms with E-state index in [0.29, 0.717) is 0 Å². The minimum Gasteiger partial charge on any atom is -0.334 e. The fraction of sp³-hybridized carbons (Fsp3) is 0.308. The summed E-state index contributed by atoms with van der Waals surface area (Å²) in [4.78, 5) is 5.42. The lowest BCUT2D eigenvalue weighted by atomic mass is 9.33. The SMILES string of the molecule is CC1=CC2=C3B(c4ccc5c(c4N(c4ccc(C(C)(C)C)cc4)C3C1)-c1ccccc1C5)c1sc3ccc(C(C)(C)C)cc3c1N2c1ccc(C(C)(C)C)cc1. The van der Waals surface area contributed by atoms with Crippen LogP contribution in [0.15, 0.2) is 126 Å². The summed E-state index contributed by atoms with van der Waals surface area (Å²) < 4.78 is 2.84. The third-order valence-electron chi connectivity index (χ3n) is 13.0. The molecule has 0 N–H and O–H groups in total. The van der Waals surface area contributed by atoms with Crippen LogP contribution in [0.5, 0.6) is 0 Å². The van der Waals surface area contributed by atoms with Crippen molar-refractivity contribution in [3.8, 4) is 11.1 Å². The van der Waals surface area contributed by atoms with Gasteiger partial charge in [0.15, 0.2) is 0 Å². The van der Waals surface area contributed by atoms with Crippen LogP contribution in [0, 0.1) is 0 Å². The molecule has 0 fully saturated rings. The van der Waals surface area contributed by atoms with Crippen molar-refractivity contribution in [3.63, 3.8) is 0 Å². The van der Waals surface area contributed by atoms with E-state index in [1.165, 1.54) is 98.8 Å². The predicted molar refractivity (Wildman–Crippen MR) is 244 cm³/mol. The van der Waals surface area contributed by atoms with Gasteiger partial charge in [0.1, 0.15) is 0 Å². The average molecular weight is 749 g/mol. The quantitative estimate of drug-likeness (QED) is 0.163. The first-order valence-electron chi connectivity index (χ1n) is 20.6. The molecule has 0 saturated carbocycles. The minimum absolute atomic E-state index is 0.0438. The Balaban J connectivity index is 1.31. The second kappa shape index (κ2) is 12.1. The monoisotopic (exact) mass is 748 g/mol. The summed E-state index contributed by atoms with van der Waals surface area (Å²) in [5.41, 5.74) is 21.1. The van der Waals surface area contributed by atoms with Crippen molar-refractivity contribution in [2.45, 2.75) is 104 Å². The molecule has 0 amide bonds. The fourth-order valence-electron chi connectivity index (χ4n) is 9.97. The molecule has 0 saturated heterocycles. The zero-order valence-electron chi connectivity index (χ0n) is 34.8. The maximum atomic E-state index is 2.77. The summed E-state index contributed by atoms with van der Waals surface area (Å²) in [6.07, 6.45) is 4.51. The molecule has 1 unspecified atom stereocenters. The third kappa shape index (κ3) is 5.35. The second-order valence-corrected chi connectivity index (χ2v) is 21.0. The Morgan fingerprint density at radius 2 is 1.27 bits per heavy atom. The van der Waals surface area contributed by atoms with Crippen molar-refractivity contribution in [2.24, 2.45) is 0 Å². The van der Waals surface area contributed by atoms with Crippen LogP contribution < -0.4 is 20.0 Å². The van der Waals surface area contributed by atoms with E-state index in [1.54, 1.807) is 0 Å². The molecule has 0 radical (unpaired) electrons. The van der Waals surface area contributed by atoms with E-state index in [-0.39, 0.29) is 29.0 Å². The maximum absolute atomic E-state index is 2.77. The molecule has 4 heteroatoms. The van der Waals surface area contributed by atoms with Crippen molar-refractivity contribution in [1.82, 2.24) is 0 Å². The van der Waals surface area contributed by atoms with Gasteiger partial charge in [-0.25, -0.2) is 0 Å². The van der Waals surface area contributed by atoms with E-state index in [2.05, 4.69) is 188 Å². The van der Waals surface area contributed by atoms with Gasteiger partial charge in [0.25, 0.3) is 6.71 Å². The number of thiophene rings is 1. The first kappa shape index (κ1) is 35.6. The zero-order chi connectivity index (χ0) is 39.1. The van der Waals surface area contributed by atoms with Crippen LogP contribution in [-0.2, 0) is 22.7 Å². The molecule has 0 bridgehead atoms. The van der Waals surface area contributed by atoms with Gasteiger partial charge in [-0.3, -0.25) is 0 Å². The van der Waals surface area contributed by atoms with E-state index in [9.17, 15) is 0 Å². The fourth-order valence-corrected chi connectivity index (χ4v) is 11.3. The highest BCUT2D eigenvalue weighted by atomic mass is 32.1. The number of rotatable bonds is 2. The van der Waals surface area contributed by atoms with Crippen LogP contribution >= 0.6 is 11.3 Å². The molecule has 1 aromatic heterocycles. The minimum atomic E-state index is 0.0438. The Kier molecular flexibility index (Phi) is 7.70. The van der Waals surface area contributed by atoms with Gasteiger partial charge < -0.3 is 9.80 Å². The van der Waals surface area contributed by atoms with Crippen molar-refractivity contribution < 1.29 is 0 Å². The molecule has 6 aromatic rings. The molecule has 2 aliphatic heterocycles. The molecule has 0 spiro atoms. The number of hydrogen-bond acceptors (Lipinski definition) is 3. The van der Waals surface area contributed by atoms with Crippen LogP contribution in [0.1, 0.15) is 103 Å². The van der Waals surface area contributed by atoms with Gasteiger partial charge in [-0.15, -0.1) is 11.3 Å². The van der Waals surface area contributed by atoms with Crippen LogP contribution in [0.2, 0.25) is 0 Å². The molecular formula is C52H53BN2S. The normalized spacial score (nSPS) is 17.4. The highest BCUT2D eigenvalue weighted by molar-refractivity contribution is 7.32. The average Bonchev–Trinajstić information content (AvgIpc) is 3.72. The van der Waals surface area contributed by atoms with E-state index < -0.39 is 0 Å². The van der Waals surface area contributed by atoms with Crippen LogP contribution in [0.4, 0.5) is 22.7 Å². The van der Waals surface area contributed by atoms with Crippen molar-refractivity contribution in [1.29, 1.82) is 0 Å². The largest absolute Gasteiger partial charge is 0.334 e. The number of benzene rings is 5. The summed E-state index contributed by atoms with van der Waals surface area (Å²) in [6.45, 7) is 23.4. The lowest BCUT2D eigenvalue weighted by Crippen LogP contribution is -2.60. The molecule has 5 aromatic carbocycles. The van der Waals surface area contributed by atoms with E-state index in [1.807, 2.05) is 11.3 Å². The van der Waals surface area contributed by atoms with Gasteiger partial charge in [0, 0.05) is 43.2 Å². The Morgan fingerprint density at radius 1 is 0.643 bits per heavy atom. The number of nitrogens with zero attached hydrogens (tertiary/aromatic N) is 2. The molecule has 10 rings (SSSR count). The van der Waals surface area contributed by atoms with E-state index in [4.69, 9.17) is 0 Å². The van der Waals surface area contributed by atoms with Crippen LogP contribution in [0.3, 0.4) is 0 Å². The number of hydrogen-bond donors (Lipinski definition) is 0. The smallest absolute Gasteiger partial charge is 0.259 e. The lowest BCUT2D eigenvalue weighted by Gasteiger charge is -2.50. The number of allylic oxidation sites excluding steroid dienone is 1. The van der Waals surface area contributed by atoms with Crippen LogP contribution in [0.25, 0.3) is 21.2 Å². The number of anilines is 4. The van der Waals surface area contributed by atoms with Crippen molar-refractivity contribution in [3.05, 3.63) is 154 Å². The highest BCUT2D eigenvalue weighted by Crippen LogP contribution is 2.54. The first-order valence-corrected chi connectivity index (χ1v) is 21.4. The van der Waals surface area contributed by atoms with Crippen molar-refractivity contribution in [2.75, 3.05) is 9.80 Å². The van der Waals surface area contributed by atoms with Gasteiger partial charge in [0.05, 0.1) is 11.7 Å². The summed E-state index contributed by atoms with van der Waals surface area (Å²) in [6, 6.07) is 40.6. The molecule has 2 nitrogen and oxygen atoms in total. The Morgan fingerprint density at radius 3 is 1.93 bits per heavy atom. The lowest BCUT2D eigenvalue weighted by molar-refractivity contribution is 0.590.